The van der Waals surface area contributed by atoms with E-state index in [0.717, 1.165) is 30.9 Å². The molecule has 0 bridgehead atoms. The van der Waals surface area contributed by atoms with Gasteiger partial charge in [0, 0.05) is 34.0 Å². The number of hydrogen-bond donors (Lipinski definition) is 2. The van der Waals surface area contributed by atoms with Gasteiger partial charge in [-0.2, -0.15) is 0 Å². The molecule has 1 aliphatic heterocycles. The quantitative estimate of drug-likeness (QED) is 0.534. The van der Waals surface area contributed by atoms with E-state index >= 15 is 0 Å². The Bertz CT molecular complexity index is 1290. The summed E-state index contributed by atoms with van der Waals surface area (Å²) in [5.74, 6) is 1.84. The van der Waals surface area contributed by atoms with Crippen LogP contribution in [0.4, 0.5) is 0 Å². The summed E-state index contributed by atoms with van der Waals surface area (Å²) in [4.78, 5) is 3.85. The molecule has 0 amide bonds. The molecule has 0 saturated heterocycles. The van der Waals surface area contributed by atoms with E-state index in [9.17, 15) is 0 Å². The van der Waals surface area contributed by atoms with E-state index < -0.39 is 0 Å². The van der Waals surface area contributed by atoms with E-state index in [1.165, 1.54) is 38.9 Å². The fourth-order valence-electron chi connectivity index (χ4n) is 6.00. The molecule has 6 rings (SSSR count). The Balaban J connectivity index is 1.62. The van der Waals surface area contributed by atoms with E-state index in [4.69, 9.17) is 9.47 Å². The van der Waals surface area contributed by atoms with Crippen LogP contribution in [0.5, 0.6) is 11.5 Å². The lowest BCUT2D eigenvalue weighted by Crippen LogP contribution is -2.97. The van der Waals surface area contributed by atoms with Crippen molar-refractivity contribution in [1.29, 1.82) is 0 Å². The molecular weight excluding hydrogens is 384 g/mol. The highest BCUT2D eigenvalue weighted by atomic mass is 16.5. The molecule has 3 aromatic carbocycles. The summed E-state index contributed by atoms with van der Waals surface area (Å²) in [7, 11) is 3.44. The molecular formula is C27H27N2O2+. The molecule has 0 saturated carbocycles. The second kappa shape index (κ2) is 6.89. The Morgan fingerprint density at radius 2 is 1.77 bits per heavy atom. The number of aromatic amines is 1. The average Bonchev–Trinajstić information content (AvgIpc) is 3.39. The third-order valence-corrected chi connectivity index (χ3v) is 7.34. The standard InChI is InChI=1S/C27H26N2O2/c1-30-23-13-7-10-18(25(23)31-2)20-16-28-27(15-14-17-8-3-5-11-21(17)27)26-24(20)19-9-4-6-12-22(19)29-26/h3-13,20,28-29H,14-16H2,1-2H3/p+1/t20-,27-/m1/s1. The molecule has 4 heteroatoms. The summed E-state index contributed by atoms with van der Waals surface area (Å²) in [5, 5.41) is 3.87. The second-order valence-electron chi connectivity index (χ2n) is 8.66. The Morgan fingerprint density at radius 3 is 2.65 bits per heavy atom. The van der Waals surface area contributed by atoms with Crippen molar-refractivity contribution in [3.63, 3.8) is 0 Å². The van der Waals surface area contributed by atoms with Gasteiger partial charge in [-0.1, -0.05) is 54.6 Å². The molecule has 0 fully saturated rings. The van der Waals surface area contributed by atoms with E-state index in [0.29, 0.717) is 0 Å². The zero-order chi connectivity index (χ0) is 21.0. The van der Waals surface area contributed by atoms with Crippen molar-refractivity contribution in [1.82, 2.24) is 4.98 Å². The van der Waals surface area contributed by atoms with Gasteiger partial charge in [-0.3, -0.25) is 0 Å². The van der Waals surface area contributed by atoms with Gasteiger partial charge in [-0.15, -0.1) is 0 Å². The lowest BCUT2D eigenvalue weighted by atomic mass is 9.76. The first-order chi connectivity index (χ1) is 15.3. The molecule has 2 heterocycles. The average molecular weight is 412 g/mol. The molecule has 0 radical (unpaired) electrons. The van der Waals surface area contributed by atoms with Crippen molar-refractivity contribution < 1.29 is 14.8 Å². The molecule has 1 aliphatic carbocycles. The van der Waals surface area contributed by atoms with Crippen molar-refractivity contribution in [3.8, 4) is 11.5 Å². The number of aryl methyl sites for hydroxylation is 1. The van der Waals surface area contributed by atoms with Crippen LogP contribution in [0, 0.1) is 0 Å². The summed E-state index contributed by atoms with van der Waals surface area (Å²) in [6, 6.07) is 23.9. The van der Waals surface area contributed by atoms with Crippen LogP contribution in [0.1, 0.15) is 40.3 Å². The van der Waals surface area contributed by atoms with Gasteiger partial charge in [-0.25, -0.2) is 0 Å². The molecule has 3 N–H and O–H groups in total. The largest absolute Gasteiger partial charge is 0.493 e. The number of H-pyrrole nitrogens is 1. The lowest BCUT2D eigenvalue weighted by Gasteiger charge is -2.36. The smallest absolute Gasteiger partial charge is 0.164 e. The van der Waals surface area contributed by atoms with E-state index in [1.54, 1.807) is 14.2 Å². The van der Waals surface area contributed by atoms with Gasteiger partial charge in [0.1, 0.15) is 0 Å². The monoisotopic (exact) mass is 411 g/mol. The SMILES string of the molecule is COc1cccc([C@H]2C[NH2+][C@@]3(CCc4ccccc43)c3[nH]c4ccccc4c32)c1OC. The van der Waals surface area contributed by atoms with E-state index in [-0.39, 0.29) is 11.5 Å². The molecule has 2 atom stereocenters. The van der Waals surface area contributed by atoms with Crippen molar-refractivity contribution in [2.75, 3.05) is 20.8 Å². The number of hydrogen-bond acceptors (Lipinski definition) is 2. The first-order valence-electron chi connectivity index (χ1n) is 11.0. The van der Waals surface area contributed by atoms with Gasteiger partial charge < -0.3 is 19.8 Å². The van der Waals surface area contributed by atoms with Crippen LogP contribution in [0.3, 0.4) is 0 Å². The maximum atomic E-state index is 5.85. The van der Waals surface area contributed by atoms with Crippen molar-refractivity contribution in [3.05, 3.63) is 94.7 Å². The highest BCUT2D eigenvalue weighted by molar-refractivity contribution is 5.87. The van der Waals surface area contributed by atoms with E-state index in [1.807, 2.05) is 6.07 Å². The summed E-state index contributed by atoms with van der Waals surface area (Å²) in [6.45, 7) is 0.965. The molecule has 0 unspecified atom stereocenters. The Hall–Kier alpha value is -3.24. The molecule has 4 nitrogen and oxygen atoms in total. The summed E-state index contributed by atoms with van der Waals surface area (Å²) < 4.78 is 11.5. The number of para-hydroxylation sites is 2. The van der Waals surface area contributed by atoms with E-state index in [2.05, 4.69) is 71.0 Å². The normalized spacial score (nSPS) is 21.8. The topological polar surface area (TPSA) is 50.9 Å². The summed E-state index contributed by atoms with van der Waals surface area (Å²) in [5.41, 5.74) is 8.03. The van der Waals surface area contributed by atoms with Gasteiger partial charge in [0.25, 0.3) is 0 Å². The summed E-state index contributed by atoms with van der Waals surface area (Å²) in [6.07, 6.45) is 2.24. The fourth-order valence-corrected chi connectivity index (χ4v) is 6.00. The molecule has 1 aromatic heterocycles. The number of ether oxygens (including phenoxy) is 2. The molecule has 156 valence electrons. The maximum Gasteiger partial charge on any atom is 0.164 e. The minimum Gasteiger partial charge on any atom is -0.493 e. The maximum absolute atomic E-state index is 5.85. The number of quaternary nitrogens is 1. The molecule has 4 aromatic rings. The number of rotatable bonds is 3. The van der Waals surface area contributed by atoms with Gasteiger partial charge >= 0.3 is 0 Å². The van der Waals surface area contributed by atoms with Gasteiger partial charge in [0.2, 0.25) is 0 Å². The van der Waals surface area contributed by atoms with Crippen LogP contribution in [0.2, 0.25) is 0 Å². The second-order valence-corrected chi connectivity index (χ2v) is 8.66. The highest BCUT2D eigenvalue weighted by Gasteiger charge is 2.51. The van der Waals surface area contributed by atoms with Crippen molar-refractivity contribution in [2.24, 2.45) is 0 Å². The number of benzene rings is 3. The van der Waals surface area contributed by atoms with Crippen LogP contribution < -0.4 is 14.8 Å². The molecule has 31 heavy (non-hydrogen) atoms. The predicted molar refractivity (Wildman–Crippen MR) is 122 cm³/mol. The van der Waals surface area contributed by atoms with Gasteiger partial charge in [0.15, 0.2) is 17.0 Å². The first kappa shape index (κ1) is 18.5. The van der Waals surface area contributed by atoms with Crippen LogP contribution in [0.25, 0.3) is 10.9 Å². The Kier molecular flexibility index (Phi) is 4.12. The third-order valence-electron chi connectivity index (χ3n) is 7.34. The molecule has 1 spiro atoms. The third kappa shape index (κ3) is 2.52. The van der Waals surface area contributed by atoms with Crippen LogP contribution in [-0.4, -0.2) is 25.7 Å². The van der Waals surface area contributed by atoms with Crippen molar-refractivity contribution in [2.45, 2.75) is 24.3 Å². The van der Waals surface area contributed by atoms with Gasteiger partial charge in [-0.05, 0) is 24.1 Å². The van der Waals surface area contributed by atoms with Crippen LogP contribution >= 0.6 is 0 Å². The van der Waals surface area contributed by atoms with Gasteiger partial charge in [0.05, 0.1) is 32.4 Å². The lowest BCUT2D eigenvalue weighted by molar-refractivity contribution is -0.731. The zero-order valence-electron chi connectivity index (χ0n) is 17.9. The first-order valence-corrected chi connectivity index (χ1v) is 11.0. The zero-order valence-corrected chi connectivity index (χ0v) is 17.9. The van der Waals surface area contributed by atoms with Crippen molar-refractivity contribution >= 4 is 10.9 Å². The Morgan fingerprint density at radius 1 is 0.935 bits per heavy atom. The number of aromatic nitrogens is 1. The summed E-state index contributed by atoms with van der Waals surface area (Å²) >= 11 is 0. The minimum absolute atomic E-state index is 0.0481. The van der Waals surface area contributed by atoms with Crippen LogP contribution in [-0.2, 0) is 12.0 Å². The Labute approximate surface area is 182 Å². The number of methoxy groups -OCH3 is 2. The number of fused-ring (bicyclic) bond motifs is 6. The number of nitrogens with one attached hydrogen (secondary N) is 1. The highest BCUT2D eigenvalue weighted by Crippen LogP contribution is 2.49. The molecule has 2 aliphatic rings. The predicted octanol–water partition coefficient (Wildman–Crippen LogP) is 4.08. The fraction of sp³-hybridized carbons (Fsp3) is 0.259. The minimum atomic E-state index is -0.0481. The number of nitrogens with two attached hydrogens (primary N) is 1. The van der Waals surface area contributed by atoms with Crippen LogP contribution in [0.15, 0.2) is 66.7 Å².